The first-order chi connectivity index (χ1) is 16.5. The standard InChI is InChI=1S/C28H33N3O3/c1-19-16-20-17-22(18-31-14-12-28(33,13-15-31)21-8-4-2-5-9-21)34-25(20)23-24(19)29-26(32)30-27(23)10-6-3-7-11-27/h2,4-5,8-9,16-17,33H,3,6-7,10-15,18H2,1H3,(H2,29,30,32). The summed E-state index contributed by atoms with van der Waals surface area (Å²) < 4.78 is 6.53. The summed E-state index contributed by atoms with van der Waals surface area (Å²) in [4.78, 5) is 14.9. The molecule has 1 aliphatic carbocycles. The van der Waals surface area contributed by atoms with Crippen molar-refractivity contribution in [3.63, 3.8) is 0 Å². The molecule has 1 saturated heterocycles. The first-order valence-electron chi connectivity index (χ1n) is 12.6. The Kier molecular flexibility index (Phi) is 5.19. The zero-order chi connectivity index (χ0) is 23.3. The summed E-state index contributed by atoms with van der Waals surface area (Å²) in [6, 6.07) is 14.2. The number of aryl methyl sites for hydroxylation is 1. The lowest BCUT2D eigenvalue weighted by Crippen LogP contribution is -2.52. The van der Waals surface area contributed by atoms with Gasteiger partial charge in [-0.05, 0) is 55.9 Å². The molecule has 6 nitrogen and oxygen atoms in total. The molecule has 0 radical (unpaired) electrons. The van der Waals surface area contributed by atoms with Gasteiger partial charge < -0.3 is 20.2 Å². The summed E-state index contributed by atoms with van der Waals surface area (Å²) in [6.07, 6.45) is 6.76. The highest BCUT2D eigenvalue weighted by Gasteiger charge is 2.43. The number of piperidine rings is 1. The molecule has 0 atom stereocenters. The fraction of sp³-hybridized carbons (Fsp3) is 0.464. The summed E-state index contributed by atoms with van der Waals surface area (Å²) in [5.41, 5.74) is 3.96. The van der Waals surface area contributed by atoms with Crippen LogP contribution in [-0.4, -0.2) is 29.1 Å². The van der Waals surface area contributed by atoms with Crippen molar-refractivity contribution in [2.75, 3.05) is 18.4 Å². The van der Waals surface area contributed by atoms with Crippen molar-refractivity contribution in [1.29, 1.82) is 0 Å². The normalized spacial score (nSPS) is 21.8. The van der Waals surface area contributed by atoms with Crippen LogP contribution >= 0.6 is 0 Å². The highest BCUT2D eigenvalue weighted by molar-refractivity contribution is 6.00. The van der Waals surface area contributed by atoms with Crippen LogP contribution in [0.4, 0.5) is 10.5 Å². The number of carbonyl (C=O) groups is 1. The van der Waals surface area contributed by atoms with Crippen LogP contribution in [0, 0.1) is 6.92 Å². The minimum atomic E-state index is -0.751. The van der Waals surface area contributed by atoms with Crippen molar-refractivity contribution in [2.45, 2.75) is 69.6 Å². The SMILES string of the molecule is Cc1cc2cc(CN3CCC(O)(c4ccccc4)CC3)oc2c2c1NC(=O)NC21CCCCC1. The number of fused-ring (bicyclic) bond motifs is 4. The lowest BCUT2D eigenvalue weighted by atomic mass is 9.74. The van der Waals surface area contributed by atoms with E-state index < -0.39 is 5.60 Å². The van der Waals surface area contributed by atoms with E-state index in [-0.39, 0.29) is 11.6 Å². The van der Waals surface area contributed by atoms with Gasteiger partial charge in [-0.2, -0.15) is 0 Å². The molecule has 34 heavy (non-hydrogen) atoms. The van der Waals surface area contributed by atoms with E-state index in [2.05, 4.69) is 34.6 Å². The second-order valence-corrected chi connectivity index (χ2v) is 10.5. The van der Waals surface area contributed by atoms with Gasteiger partial charge in [0.15, 0.2) is 0 Å². The molecule has 3 aliphatic rings. The van der Waals surface area contributed by atoms with Gasteiger partial charge in [-0.3, -0.25) is 4.90 Å². The van der Waals surface area contributed by atoms with Crippen molar-refractivity contribution in [1.82, 2.24) is 10.2 Å². The summed E-state index contributed by atoms with van der Waals surface area (Å²) in [7, 11) is 0. The highest BCUT2D eigenvalue weighted by Crippen LogP contribution is 2.47. The first kappa shape index (κ1) is 21.7. The maximum atomic E-state index is 12.5. The number of urea groups is 1. The third-order valence-corrected chi connectivity index (χ3v) is 8.21. The molecule has 2 aliphatic heterocycles. The van der Waals surface area contributed by atoms with Gasteiger partial charge in [0.2, 0.25) is 0 Å². The van der Waals surface area contributed by atoms with E-state index in [1.54, 1.807) is 0 Å². The van der Waals surface area contributed by atoms with Crippen LogP contribution in [-0.2, 0) is 17.7 Å². The number of benzene rings is 2. The Morgan fingerprint density at radius 3 is 2.50 bits per heavy atom. The first-order valence-corrected chi connectivity index (χ1v) is 12.6. The van der Waals surface area contributed by atoms with Crippen LogP contribution in [0.3, 0.4) is 0 Å². The molecule has 1 aromatic heterocycles. The van der Waals surface area contributed by atoms with Gasteiger partial charge >= 0.3 is 6.03 Å². The van der Waals surface area contributed by atoms with E-state index >= 15 is 0 Å². The molecule has 2 aromatic carbocycles. The maximum Gasteiger partial charge on any atom is 0.319 e. The second kappa shape index (κ2) is 8.14. The lowest BCUT2D eigenvalue weighted by Gasteiger charge is -2.43. The number of likely N-dealkylation sites (tertiary alicyclic amines) is 1. The Morgan fingerprint density at radius 1 is 1.03 bits per heavy atom. The summed E-state index contributed by atoms with van der Waals surface area (Å²) in [6.45, 7) is 4.44. The third kappa shape index (κ3) is 3.60. The molecule has 3 heterocycles. The fourth-order valence-corrected chi connectivity index (χ4v) is 6.37. The second-order valence-electron chi connectivity index (χ2n) is 10.5. The van der Waals surface area contributed by atoms with E-state index in [0.717, 1.165) is 84.4 Å². The zero-order valence-corrected chi connectivity index (χ0v) is 19.8. The molecular formula is C28H33N3O3. The van der Waals surface area contributed by atoms with Crippen LogP contribution in [0.2, 0.25) is 0 Å². The maximum absolute atomic E-state index is 12.5. The topological polar surface area (TPSA) is 77.7 Å². The van der Waals surface area contributed by atoms with E-state index in [1.165, 1.54) is 6.42 Å². The van der Waals surface area contributed by atoms with Crippen LogP contribution in [0.15, 0.2) is 46.9 Å². The summed E-state index contributed by atoms with van der Waals surface area (Å²) >= 11 is 0. The van der Waals surface area contributed by atoms with Gasteiger partial charge in [-0.1, -0.05) is 49.6 Å². The minimum Gasteiger partial charge on any atom is -0.459 e. The average Bonchev–Trinajstić information content (AvgIpc) is 3.23. The number of amides is 2. The van der Waals surface area contributed by atoms with Gasteiger partial charge in [0, 0.05) is 24.0 Å². The molecule has 2 amide bonds. The van der Waals surface area contributed by atoms with Crippen LogP contribution in [0.25, 0.3) is 11.0 Å². The molecule has 3 N–H and O–H groups in total. The molecule has 0 unspecified atom stereocenters. The molecule has 2 fully saturated rings. The molecule has 6 heteroatoms. The smallest absolute Gasteiger partial charge is 0.319 e. The van der Waals surface area contributed by atoms with Crippen molar-refractivity contribution in [3.05, 3.63) is 64.9 Å². The Balaban J connectivity index is 1.28. The number of carbonyl (C=O) groups excluding carboxylic acids is 1. The Labute approximate surface area is 200 Å². The van der Waals surface area contributed by atoms with E-state index in [0.29, 0.717) is 12.8 Å². The Morgan fingerprint density at radius 2 is 1.76 bits per heavy atom. The van der Waals surface area contributed by atoms with Gasteiger partial charge in [0.05, 0.1) is 23.4 Å². The molecule has 0 bridgehead atoms. The van der Waals surface area contributed by atoms with Crippen LogP contribution < -0.4 is 10.6 Å². The van der Waals surface area contributed by atoms with Crippen molar-refractivity contribution in [2.24, 2.45) is 0 Å². The third-order valence-electron chi connectivity index (χ3n) is 8.21. The van der Waals surface area contributed by atoms with Crippen LogP contribution in [0.1, 0.15) is 67.4 Å². The number of anilines is 1. The van der Waals surface area contributed by atoms with E-state index in [1.807, 2.05) is 30.3 Å². The molecule has 6 rings (SSSR count). The van der Waals surface area contributed by atoms with Crippen LogP contribution in [0.5, 0.6) is 0 Å². The number of hydrogen-bond donors (Lipinski definition) is 3. The summed E-state index contributed by atoms with van der Waals surface area (Å²) in [5, 5.41) is 18.6. The predicted octanol–water partition coefficient (Wildman–Crippen LogP) is 5.52. The van der Waals surface area contributed by atoms with Crippen molar-refractivity contribution >= 4 is 22.7 Å². The van der Waals surface area contributed by atoms with E-state index in [9.17, 15) is 9.90 Å². The van der Waals surface area contributed by atoms with Crippen molar-refractivity contribution in [3.8, 4) is 0 Å². The van der Waals surface area contributed by atoms with Gasteiger partial charge in [-0.15, -0.1) is 0 Å². The molecule has 1 saturated carbocycles. The molecular weight excluding hydrogens is 426 g/mol. The lowest BCUT2D eigenvalue weighted by molar-refractivity contribution is -0.0288. The predicted molar refractivity (Wildman–Crippen MR) is 133 cm³/mol. The van der Waals surface area contributed by atoms with E-state index in [4.69, 9.17) is 4.42 Å². The quantitative estimate of drug-likeness (QED) is 0.482. The van der Waals surface area contributed by atoms with Crippen molar-refractivity contribution < 1.29 is 14.3 Å². The van der Waals surface area contributed by atoms with Gasteiger partial charge in [-0.25, -0.2) is 4.79 Å². The molecule has 3 aromatic rings. The number of aliphatic hydroxyl groups is 1. The number of nitrogens with one attached hydrogen (secondary N) is 2. The fourth-order valence-electron chi connectivity index (χ4n) is 6.37. The van der Waals surface area contributed by atoms with Gasteiger partial charge in [0.1, 0.15) is 11.3 Å². The number of rotatable bonds is 3. The highest BCUT2D eigenvalue weighted by atomic mass is 16.3. The largest absolute Gasteiger partial charge is 0.459 e. The van der Waals surface area contributed by atoms with Gasteiger partial charge in [0.25, 0.3) is 0 Å². The zero-order valence-electron chi connectivity index (χ0n) is 19.8. The number of nitrogens with zero attached hydrogens (tertiary/aromatic N) is 1. The average molecular weight is 460 g/mol. The monoisotopic (exact) mass is 459 g/mol. The summed E-state index contributed by atoms with van der Waals surface area (Å²) in [5.74, 6) is 0.941. The number of furan rings is 1. The minimum absolute atomic E-state index is 0.108. The molecule has 1 spiro atoms. The number of hydrogen-bond acceptors (Lipinski definition) is 4. The molecule has 178 valence electrons. The Bertz CT molecular complexity index is 1220. The Hall–Kier alpha value is -2.83.